The Labute approximate surface area is 95.4 Å². The monoisotopic (exact) mass is 219 g/mol. The highest BCUT2D eigenvalue weighted by molar-refractivity contribution is 5.36. The van der Waals surface area contributed by atoms with Gasteiger partial charge in [0.05, 0.1) is 17.7 Å². The lowest BCUT2D eigenvalue weighted by Crippen LogP contribution is -2.54. The molecule has 0 radical (unpaired) electrons. The van der Waals surface area contributed by atoms with E-state index in [1.807, 2.05) is 12.1 Å². The third-order valence-corrected chi connectivity index (χ3v) is 3.90. The van der Waals surface area contributed by atoms with Gasteiger partial charge in [0, 0.05) is 26.5 Å². The quantitative estimate of drug-likeness (QED) is 0.789. The van der Waals surface area contributed by atoms with Crippen molar-refractivity contribution in [2.75, 3.05) is 7.11 Å². The molecule has 1 aliphatic carbocycles. The van der Waals surface area contributed by atoms with Gasteiger partial charge in [0.1, 0.15) is 0 Å². The fourth-order valence-corrected chi connectivity index (χ4v) is 2.91. The minimum absolute atomic E-state index is 0.0788. The second-order valence-corrected chi connectivity index (χ2v) is 4.88. The molecule has 1 saturated carbocycles. The van der Waals surface area contributed by atoms with Crippen molar-refractivity contribution in [3.05, 3.63) is 35.4 Å². The van der Waals surface area contributed by atoms with Gasteiger partial charge in [-0.1, -0.05) is 24.3 Å². The summed E-state index contributed by atoms with van der Waals surface area (Å²) in [6.45, 7) is 0.862. The lowest BCUT2D eigenvalue weighted by atomic mass is 9.71. The highest BCUT2D eigenvalue weighted by Gasteiger charge is 2.50. The topological polar surface area (TPSA) is 41.5 Å². The van der Waals surface area contributed by atoms with Gasteiger partial charge in [0.2, 0.25) is 0 Å². The molecule has 86 valence electrons. The molecule has 0 spiro atoms. The van der Waals surface area contributed by atoms with Crippen LogP contribution in [0, 0.1) is 0 Å². The van der Waals surface area contributed by atoms with Gasteiger partial charge in [-0.3, -0.25) is 0 Å². The average Bonchev–Trinajstić information content (AvgIpc) is 2.69. The van der Waals surface area contributed by atoms with Gasteiger partial charge in [-0.2, -0.15) is 0 Å². The van der Waals surface area contributed by atoms with Crippen LogP contribution < -0.4 is 5.32 Å². The highest BCUT2D eigenvalue weighted by Crippen LogP contribution is 2.46. The van der Waals surface area contributed by atoms with E-state index in [9.17, 15) is 5.11 Å². The summed E-state index contributed by atoms with van der Waals surface area (Å²) in [5, 5.41) is 13.9. The van der Waals surface area contributed by atoms with E-state index >= 15 is 0 Å². The maximum absolute atomic E-state index is 10.5. The molecule has 0 amide bonds. The van der Waals surface area contributed by atoms with E-state index in [4.69, 9.17) is 4.74 Å². The minimum atomic E-state index is -0.618. The third-order valence-electron chi connectivity index (χ3n) is 3.90. The van der Waals surface area contributed by atoms with Crippen LogP contribution in [0.15, 0.2) is 24.3 Å². The lowest BCUT2D eigenvalue weighted by molar-refractivity contribution is -0.145. The predicted octanol–water partition coefficient (Wildman–Crippen LogP) is 1.37. The lowest BCUT2D eigenvalue weighted by Gasteiger charge is -2.46. The molecule has 3 nitrogen and oxygen atoms in total. The van der Waals surface area contributed by atoms with Gasteiger partial charge in [0.25, 0.3) is 0 Å². The van der Waals surface area contributed by atoms with Crippen LogP contribution in [0.25, 0.3) is 0 Å². The van der Waals surface area contributed by atoms with Gasteiger partial charge in [0.15, 0.2) is 0 Å². The Hall–Kier alpha value is -0.900. The molecule has 1 heterocycles. The van der Waals surface area contributed by atoms with Crippen LogP contribution in [0.1, 0.15) is 30.0 Å². The normalized spacial score (nSPS) is 36.9. The average molecular weight is 219 g/mol. The Balaban J connectivity index is 1.83. The summed E-state index contributed by atoms with van der Waals surface area (Å²) < 4.78 is 5.24. The standard InChI is InChI=1S/C13H17NO2/c1-16-10-6-13(15,7-10)12-11-5-3-2-4-9(11)8-14-12/h2-5,10,12,14-15H,6-8H2,1H3. The Kier molecular flexibility index (Phi) is 2.28. The van der Waals surface area contributed by atoms with E-state index in [-0.39, 0.29) is 12.1 Å². The number of benzene rings is 1. The second-order valence-electron chi connectivity index (χ2n) is 4.88. The SMILES string of the molecule is COC1CC(O)(C2NCc3ccccc32)C1. The summed E-state index contributed by atoms with van der Waals surface area (Å²) >= 11 is 0. The molecule has 1 atom stereocenters. The Morgan fingerprint density at radius 3 is 2.88 bits per heavy atom. The van der Waals surface area contributed by atoms with Crippen molar-refractivity contribution in [2.24, 2.45) is 0 Å². The summed E-state index contributed by atoms with van der Waals surface area (Å²) in [4.78, 5) is 0. The zero-order valence-electron chi connectivity index (χ0n) is 9.44. The van der Waals surface area contributed by atoms with Crippen LogP contribution in [0.2, 0.25) is 0 Å². The third kappa shape index (κ3) is 1.39. The highest BCUT2D eigenvalue weighted by atomic mass is 16.5. The molecule has 1 aromatic carbocycles. The molecule has 0 saturated heterocycles. The van der Waals surface area contributed by atoms with E-state index < -0.39 is 5.60 Å². The first kappa shape index (κ1) is 10.3. The summed E-state index contributed by atoms with van der Waals surface area (Å²) in [7, 11) is 1.71. The van der Waals surface area contributed by atoms with Crippen LogP contribution in [-0.2, 0) is 11.3 Å². The van der Waals surface area contributed by atoms with Crippen LogP contribution >= 0.6 is 0 Å². The smallest absolute Gasteiger partial charge is 0.0891 e. The van der Waals surface area contributed by atoms with Crippen molar-refractivity contribution in [1.29, 1.82) is 0 Å². The van der Waals surface area contributed by atoms with Crippen molar-refractivity contribution in [2.45, 2.75) is 37.1 Å². The van der Waals surface area contributed by atoms with E-state index in [1.54, 1.807) is 7.11 Å². The minimum Gasteiger partial charge on any atom is -0.388 e. The number of methoxy groups -OCH3 is 1. The number of nitrogens with one attached hydrogen (secondary N) is 1. The summed E-state index contributed by atoms with van der Waals surface area (Å²) in [5.41, 5.74) is 1.94. The molecule has 1 aromatic rings. The Bertz CT molecular complexity index is 399. The van der Waals surface area contributed by atoms with Gasteiger partial charge in [-0.25, -0.2) is 0 Å². The Morgan fingerprint density at radius 2 is 2.12 bits per heavy atom. The first-order valence-electron chi connectivity index (χ1n) is 5.79. The molecule has 0 bridgehead atoms. The number of fused-ring (bicyclic) bond motifs is 1. The van der Waals surface area contributed by atoms with Crippen molar-refractivity contribution < 1.29 is 9.84 Å². The van der Waals surface area contributed by atoms with Crippen molar-refractivity contribution in [1.82, 2.24) is 5.32 Å². The van der Waals surface area contributed by atoms with E-state index in [0.29, 0.717) is 0 Å². The van der Waals surface area contributed by atoms with Gasteiger partial charge < -0.3 is 15.2 Å². The molecular formula is C13H17NO2. The second kappa shape index (κ2) is 3.55. The molecule has 16 heavy (non-hydrogen) atoms. The molecule has 1 aliphatic heterocycles. The van der Waals surface area contributed by atoms with E-state index in [1.165, 1.54) is 11.1 Å². The largest absolute Gasteiger partial charge is 0.388 e. The van der Waals surface area contributed by atoms with Crippen LogP contribution in [0.4, 0.5) is 0 Å². The number of aliphatic hydroxyl groups is 1. The number of ether oxygens (including phenoxy) is 1. The molecule has 2 N–H and O–H groups in total. The van der Waals surface area contributed by atoms with E-state index in [0.717, 1.165) is 19.4 Å². The Morgan fingerprint density at radius 1 is 1.38 bits per heavy atom. The first-order chi connectivity index (χ1) is 7.73. The molecule has 0 aromatic heterocycles. The number of hydrogen-bond donors (Lipinski definition) is 2. The summed E-state index contributed by atoms with van der Waals surface area (Å²) in [6.07, 6.45) is 1.69. The van der Waals surface area contributed by atoms with Gasteiger partial charge >= 0.3 is 0 Å². The van der Waals surface area contributed by atoms with Crippen molar-refractivity contribution >= 4 is 0 Å². The predicted molar refractivity (Wildman–Crippen MR) is 61.0 cm³/mol. The molecule has 3 heteroatoms. The van der Waals surface area contributed by atoms with Crippen LogP contribution in [0.5, 0.6) is 0 Å². The maximum Gasteiger partial charge on any atom is 0.0891 e. The number of rotatable bonds is 2. The van der Waals surface area contributed by atoms with Gasteiger partial charge in [-0.05, 0) is 11.1 Å². The van der Waals surface area contributed by atoms with E-state index in [2.05, 4.69) is 17.4 Å². The maximum atomic E-state index is 10.5. The zero-order chi connectivity index (χ0) is 11.2. The molecule has 1 fully saturated rings. The molecule has 2 aliphatic rings. The van der Waals surface area contributed by atoms with Crippen LogP contribution in [-0.4, -0.2) is 23.9 Å². The fourth-order valence-electron chi connectivity index (χ4n) is 2.91. The van der Waals surface area contributed by atoms with Crippen molar-refractivity contribution in [3.63, 3.8) is 0 Å². The van der Waals surface area contributed by atoms with Gasteiger partial charge in [-0.15, -0.1) is 0 Å². The van der Waals surface area contributed by atoms with Crippen molar-refractivity contribution in [3.8, 4) is 0 Å². The van der Waals surface area contributed by atoms with Crippen LogP contribution in [0.3, 0.4) is 0 Å². The molecular weight excluding hydrogens is 202 g/mol. The zero-order valence-corrected chi connectivity index (χ0v) is 9.44. The molecule has 1 unspecified atom stereocenters. The fraction of sp³-hybridized carbons (Fsp3) is 0.538. The number of hydrogen-bond acceptors (Lipinski definition) is 3. The summed E-state index contributed by atoms with van der Waals surface area (Å²) in [6, 6.07) is 8.39. The molecule has 3 rings (SSSR count). The summed E-state index contributed by atoms with van der Waals surface area (Å²) in [5.74, 6) is 0. The first-order valence-corrected chi connectivity index (χ1v) is 5.79.